The number of aryl methyl sites for hydroxylation is 1. The Balaban J connectivity index is 1.85. The SMILES string of the molecule is Cc1ccc(COc2ccc(Br)cc2CNCCNCC(C)O)cc1. The third-order valence-electron chi connectivity index (χ3n) is 3.77. The van der Waals surface area contributed by atoms with Crippen LogP contribution in [0.5, 0.6) is 5.75 Å². The van der Waals surface area contributed by atoms with Gasteiger partial charge in [0.2, 0.25) is 0 Å². The maximum atomic E-state index is 9.22. The molecule has 1 unspecified atom stereocenters. The molecular formula is C20H27BrN2O2. The lowest BCUT2D eigenvalue weighted by molar-refractivity contribution is 0.191. The number of nitrogens with one attached hydrogen (secondary N) is 2. The molecule has 5 heteroatoms. The molecule has 0 amide bonds. The average molecular weight is 407 g/mol. The number of ether oxygens (including phenoxy) is 1. The maximum absolute atomic E-state index is 9.22. The molecule has 0 bridgehead atoms. The Labute approximate surface area is 158 Å². The van der Waals surface area contributed by atoms with Crippen molar-refractivity contribution >= 4 is 15.9 Å². The van der Waals surface area contributed by atoms with Gasteiger partial charge in [0.25, 0.3) is 0 Å². The van der Waals surface area contributed by atoms with Gasteiger partial charge in [-0.2, -0.15) is 0 Å². The van der Waals surface area contributed by atoms with Gasteiger partial charge in [-0.05, 0) is 37.6 Å². The second kappa shape index (κ2) is 10.6. The van der Waals surface area contributed by atoms with E-state index in [1.54, 1.807) is 6.92 Å². The highest BCUT2D eigenvalue weighted by Crippen LogP contribution is 2.24. The van der Waals surface area contributed by atoms with Gasteiger partial charge in [0.1, 0.15) is 12.4 Å². The molecule has 1 atom stereocenters. The van der Waals surface area contributed by atoms with Crippen LogP contribution in [0.4, 0.5) is 0 Å². The van der Waals surface area contributed by atoms with E-state index in [0.29, 0.717) is 13.2 Å². The Morgan fingerprint density at radius 3 is 2.52 bits per heavy atom. The molecule has 0 aliphatic rings. The minimum atomic E-state index is -0.313. The Morgan fingerprint density at radius 1 is 1.08 bits per heavy atom. The number of halogens is 1. The lowest BCUT2D eigenvalue weighted by Crippen LogP contribution is -2.31. The van der Waals surface area contributed by atoms with Crippen LogP contribution in [-0.4, -0.2) is 30.8 Å². The molecule has 2 aromatic carbocycles. The van der Waals surface area contributed by atoms with E-state index in [1.165, 1.54) is 5.56 Å². The van der Waals surface area contributed by atoms with Gasteiger partial charge < -0.3 is 20.5 Å². The van der Waals surface area contributed by atoms with Gasteiger partial charge in [0.15, 0.2) is 0 Å². The second-order valence-electron chi connectivity index (χ2n) is 6.26. The summed E-state index contributed by atoms with van der Waals surface area (Å²) in [5.41, 5.74) is 3.54. The summed E-state index contributed by atoms with van der Waals surface area (Å²) in [6.45, 7) is 7.42. The van der Waals surface area contributed by atoms with E-state index in [4.69, 9.17) is 4.74 Å². The van der Waals surface area contributed by atoms with E-state index in [9.17, 15) is 5.11 Å². The van der Waals surface area contributed by atoms with Gasteiger partial charge in [-0.25, -0.2) is 0 Å². The average Bonchev–Trinajstić information content (AvgIpc) is 2.58. The van der Waals surface area contributed by atoms with E-state index in [1.807, 2.05) is 12.1 Å². The standard InChI is InChI=1S/C20H27BrN2O2/c1-15-3-5-17(6-4-15)14-25-20-8-7-19(21)11-18(20)13-23-10-9-22-12-16(2)24/h3-8,11,16,22-24H,9-10,12-14H2,1-2H3. The zero-order valence-corrected chi connectivity index (χ0v) is 16.5. The molecule has 0 saturated heterocycles. The van der Waals surface area contributed by atoms with Gasteiger partial charge >= 0.3 is 0 Å². The molecule has 0 radical (unpaired) electrons. The molecule has 3 N–H and O–H groups in total. The van der Waals surface area contributed by atoms with Crippen LogP contribution in [0, 0.1) is 6.92 Å². The van der Waals surface area contributed by atoms with Crippen LogP contribution in [0.25, 0.3) is 0 Å². The predicted molar refractivity (Wildman–Crippen MR) is 106 cm³/mol. The molecule has 2 aromatic rings. The van der Waals surface area contributed by atoms with Crippen molar-refractivity contribution in [1.82, 2.24) is 10.6 Å². The molecule has 0 saturated carbocycles. The highest BCUT2D eigenvalue weighted by Gasteiger charge is 2.05. The van der Waals surface area contributed by atoms with Crippen molar-refractivity contribution in [3.8, 4) is 5.75 Å². The lowest BCUT2D eigenvalue weighted by atomic mass is 10.1. The number of hydrogen-bond donors (Lipinski definition) is 3. The summed E-state index contributed by atoms with van der Waals surface area (Å²) < 4.78 is 7.06. The third kappa shape index (κ3) is 7.57. The Bertz CT molecular complexity index is 645. The van der Waals surface area contributed by atoms with Crippen molar-refractivity contribution in [3.05, 3.63) is 63.6 Å². The molecule has 0 aliphatic carbocycles. The Hall–Kier alpha value is -1.40. The van der Waals surface area contributed by atoms with Crippen molar-refractivity contribution in [1.29, 1.82) is 0 Å². The number of benzene rings is 2. The Kier molecular flexibility index (Phi) is 8.41. The minimum absolute atomic E-state index is 0.313. The maximum Gasteiger partial charge on any atom is 0.124 e. The van der Waals surface area contributed by atoms with Crippen LogP contribution in [0.15, 0.2) is 46.9 Å². The first-order valence-electron chi connectivity index (χ1n) is 8.61. The molecule has 136 valence electrons. The van der Waals surface area contributed by atoms with E-state index in [0.717, 1.165) is 41.0 Å². The van der Waals surface area contributed by atoms with Crippen LogP contribution in [0.2, 0.25) is 0 Å². The van der Waals surface area contributed by atoms with Gasteiger partial charge in [-0.15, -0.1) is 0 Å². The van der Waals surface area contributed by atoms with Crippen molar-refractivity contribution in [3.63, 3.8) is 0 Å². The smallest absolute Gasteiger partial charge is 0.124 e. The fourth-order valence-corrected chi connectivity index (χ4v) is 2.79. The van der Waals surface area contributed by atoms with E-state index in [-0.39, 0.29) is 6.10 Å². The Morgan fingerprint density at radius 2 is 1.80 bits per heavy atom. The zero-order chi connectivity index (χ0) is 18.1. The summed E-state index contributed by atoms with van der Waals surface area (Å²) in [5, 5.41) is 15.8. The van der Waals surface area contributed by atoms with E-state index >= 15 is 0 Å². The summed E-state index contributed by atoms with van der Waals surface area (Å²) in [4.78, 5) is 0. The van der Waals surface area contributed by atoms with Crippen molar-refractivity contribution in [2.24, 2.45) is 0 Å². The predicted octanol–water partition coefficient (Wildman–Crippen LogP) is 3.40. The molecule has 0 fully saturated rings. The number of aliphatic hydroxyl groups is 1. The largest absolute Gasteiger partial charge is 0.489 e. The third-order valence-corrected chi connectivity index (χ3v) is 4.26. The van der Waals surface area contributed by atoms with Crippen LogP contribution in [0.3, 0.4) is 0 Å². The molecule has 0 heterocycles. The molecular weight excluding hydrogens is 380 g/mol. The zero-order valence-electron chi connectivity index (χ0n) is 14.9. The summed E-state index contributed by atoms with van der Waals surface area (Å²) in [6.07, 6.45) is -0.313. The first kappa shape index (κ1) is 19.9. The number of hydrogen-bond acceptors (Lipinski definition) is 4. The normalized spacial score (nSPS) is 12.2. The van der Waals surface area contributed by atoms with Gasteiger partial charge in [0, 0.05) is 36.2 Å². The van der Waals surface area contributed by atoms with Crippen molar-refractivity contribution < 1.29 is 9.84 Å². The van der Waals surface area contributed by atoms with Gasteiger partial charge in [-0.3, -0.25) is 0 Å². The van der Waals surface area contributed by atoms with Crippen molar-refractivity contribution in [2.75, 3.05) is 19.6 Å². The molecule has 25 heavy (non-hydrogen) atoms. The van der Waals surface area contributed by atoms with E-state index in [2.05, 4.69) is 63.8 Å². The van der Waals surface area contributed by atoms with Crippen LogP contribution in [-0.2, 0) is 13.2 Å². The quantitative estimate of drug-likeness (QED) is 0.529. The van der Waals surface area contributed by atoms with Crippen LogP contribution >= 0.6 is 15.9 Å². The summed E-state index contributed by atoms with van der Waals surface area (Å²) in [7, 11) is 0. The van der Waals surface area contributed by atoms with E-state index < -0.39 is 0 Å². The second-order valence-corrected chi connectivity index (χ2v) is 7.17. The highest BCUT2D eigenvalue weighted by molar-refractivity contribution is 9.10. The molecule has 0 aliphatic heterocycles. The number of rotatable bonds is 10. The fourth-order valence-electron chi connectivity index (χ4n) is 2.38. The van der Waals surface area contributed by atoms with Crippen LogP contribution < -0.4 is 15.4 Å². The lowest BCUT2D eigenvalue weighted by Gasteiger charge is -2.13. The first-order valence-corrected chi connectivity index (χ1v) is 9.40. The molecule has 4 nitrogen and oxygen atoms in total. The monoisotopic (exact) mass is 406 g/mol. The van der Waals surface area contributed by atoms with Gasteiger partial charge in [0.05, 0.1) is 6.10 Å². The molecule has 0 aromatic heterocycles. The minimum Gasteiger partial charge on any atom is -0.489 e. The topological polar surface area (TPSA) is 53.5 Å². The summed E-state index contributed by atoms with van der Waals surface area (Å²) >= 11 is 3.53. The fraction of sp³-hybridized carbons (Fsp3) is 0.400. The summed E-state index contributed by atoms with van der Waals surface area (Å²) in [6, 6.07) is 14.5. The molecule has 2 rings (SSSR count). The molecule has 0 spiro atoms. The highest BCUT2D eigenvalue weighted by atomic mass is 79.9. The summed E-state index contributed by atoms with van der Waals surface area (Å²) in [5.74, 6) is 0.896. The first-order chi connectivity index (χ1) is 12.0. The van der Waals surface area contributed by atoms with Gasteiger partial charge in [-0.1, -0.05) is 45.8 Å². The van der Waals surface area contributed by atoms with Crippen LogP contribution in [0.1, 0.15) is 23.6 Å². The number of aliphatic hydroxyl groups excluding tert-OH is 1. The van der Waals surface area contributed by atoms with Crippen molar-refractivity contribution in [2.45, 2.75) is 33.1 Å².